The molecule has 0 aliphatic carbocycles. The van der Waals surface area contributed by atoms with Crippen molar-refractivity contribution < 1.29 is 19.0 Å². The van der Waals surface area contributed by atoms with E-state index in [2.05, 4.69) is 17.2 Å². The Morgan fingerprint density at radius 2 is 1.71 bits per heavy atom. The molecule has 0 aliphatic rings. The van der Waals surface area contributed by atoms with Crippen LogP contribution in [0.25, 0.3) is 0 Å². The van der Waals surface area contributed by atoms with Gasteiger partial charge in [-0.2, -0.15) is 0 Å². The number of hydrogen-bond donors (Lipinski definition) is 1. The Labute approximate surface area is 183 Å². The van der Waals surface area contributed by atoms with Crippen molar-refractivity contribution in [1.29, 1.82) is 0 Å². The van der Waals surface area contributed by atoms with E-state index in [0.29, 0.717) is 23.9 Å². The second kappa shape index (κ2) is 11.0. The summed E-state index contributed by atoms with van der Waals surface area (Å²) >= 11 is 0. The fourth-order valence-electron chi connectivity index (χ4n) is 3.05. The Morgan fingerprint density at radius 1 is 0.968 bits per heavy atom. The van der Waals surface area contributed by atoms with Crippen LogP contribution in [0.5, 0.6) is 17.2 Å². The summed E-state index contributed by atoms with van der Waals surface area (Å²) in [5.41, 5.74) is 3.16. The fraction of sp³-hybridized carbons (Fsp3) is 0.280. The first-order valence-electron chi connectivity index (χ1n) is 10.3. The summed E-state index contributed by atoms with van der Waals surface area (Å²) in [7, 11) is 1.60. The third kappa shape index (κ3) is 6.47. The molecule has 3 aromatic rings. The molecule has 0 saturated heterocycles. The normalized spacial score (nSPS) is 11.5. The summed E-state index contributed by atoms with van der Waals surface area (Å²) in [4.78, 5) is 16.3. The van der Waals surface area contributed by atoms with Gasteiger partial charge in [0.2, 0.25) is 0 Å². The maximum atomic E-state index is 12.3. The van der Waals surface area contributed by atoms with Crippen molar-refractivity contribution in [2.75, 3.05) is 13.7 Å². The van der Waals surface area contributed by atoms with Crippen molar-refractivity contribution in [3.05, 3.63) is 83.7 Å². The number of hydrogen-bond acceptors (Lipinski definition) is 5. The average Bonchev–Trinajstić information content (AvgIpc) is 2.82. The zero-order valence-corrected chi connectivity index (χ0v) is 18.1. The van der Waals surface area contributed by atoms with Crippen molar-refractivity contribution in [2.24, 2.45) is 0 Å². The number of ether oxygens (including phenoxy) is 3. The van der Waals surface area contributed by atoms with Crippen LogP contribution in [0.1, 0.15) is 36.6 Å². The first-order chi connectivity index (χ1) is 15.1. The number of pyridine rings is 1. The monoisotopic (exact) mass is 420 g/mol. The minimum Gasteiger partial charge on any atom is -0.493 e. The van der Waals surface area contributed by atoms with Gasteiger partial charge in [0.15, 0.2) is 18.1 Å². The van der Waals surface area contributed by atoms with E-state index in [4.69, 9.17) is 14.2 Å². The van der Waals surface area contributed by atoms with Gasteiger partial charge in [0.1, 0.15) is 12.4 Å². The molecule has 0 radical (unpaired) electrons. The zero-order valence-electron chi connectivity index (χ0n) is 18.1. The van der Waals surface area contributed by atoms with E-state index < -0.39 is 0 Å². The van der Waals surface area contributed by atoms with Gasteiger partial charge in [-0.25, -0.2) is 0 Å². The van der Waals surface area contributed by atoms with E-state index in [-0.39, 0.29) is 18.6 Å². The van der Waals surface area contributed by atoms with Gasteiger partial charge >= 0.3 is 0 Å². The summed E-state index contributed by atoms with van der Waals surface area (Å²) in [5.74, 6) is 1.74. The number of aryl methyl sites for hydroxylation is 1. The van der Waals surface area contributed by atoms with Gasteiger partial charge < -0.3 is 19.5 Å². The van der Waals surface area contributed by atoms with Crippen LogP contribution in [-0.2, 0) is 17.8 Å². The molecule has 3 rings (SSSR count). The van der Waals surface area contributed by atoms with Crippen LogP contribution >= 0.6 is 0 Å². The predicted octanol–water partition coefficient (Wildman–Crippen LogP) is 4.49. The van der Waals surface area contributed by atoms with E-state index >= 15 is 0 Å². The van der Waals surface area contributed by atoms with E-state index in [9.17, 15) is 4.79 Å². The molecule has 6 nitrogen and oxygen atoms in total. The molecular weight excluding hydrogens is 392 g/mol. The fourth-order valence-corrected chi connectivity index (χ4v) is 3.05. The standard InChI is InChI=1S/C25H28N2O4/c1-4-19-5-8-22(9-6-19)30-17-25(28)27-18(2)21-7-10-23(24(15-21)29-3)31-16-20-11-13-26-14-12-20/h5-15,18H,4,16-17H2,1-3H3,(H,27,28). The molecule has 6 heteroatoms. The van der Waals surface area contributed by atoms with Gasteiger partial charge in [0.05, 0.1) is 13.2 Å². The predicted molar refractivity (Wildman–Crippen MR) is 119 cm³/mol. The van der Waals surface area contributed by atoms with Gasteiger partial charge in [0.25, 0.3) is 5.91 Å². The van der Waals surface area contributed by atoms with Gasteiger partial charge in [0, 0.05) is 12.4 Å². The molecule has 1 amide bonds. The molecule has 0 fully saturated rings. The van der Waals surface area contributed by atoms with Crippen molar-refractivity contribution in [1.82, 2.24) is 10.3 Å². The highest BCUT2D eigenvalue weighted by molar-refractivity contribution is 5.78. The number of carbonyl (C=O) groups excluding carboxylic acids is 1. The number of benzene rings is 2. The molecule has 2 aromatic carbocycles. The summed E-state index contributed by atoms with van der Waals surface area (Å²) in [6, 6.07) is 17.0. The Balaban J connectivity index is 1.54. The Hall–Kier alpha value is -3.54. The number of amides is 1. The van der Waals surface area contributed by atoms with Gasteiger partial charge in [-0.05, 0) is 66.4 Å². The second-order valence-electron chi connectivity index (χ2n) is 7.13. The van der Waals surface area contributed by atoms with Crippen LogP contribution in [0.15, 0.2) is 67.0 Å². The number of methoxy groups -OCH3 is 1. The molecule has 1 aromatic heterocycles. The average molecular weight is 421 g/mol. The third-order valence-corrected chi connectivity index (χ3v) is 4.91. The minimum absolute atomic E-state index is 0.0416. The number of rotatable bonds is 10. The summed E-state index contributed by atoms with van der Waals surface area (Å²) < 4.78 is 16.9. The van der Waals surface area contributed by atoms with Crippen molar-refractivity contribution in [3.8, 4) is 17.2 Å². The molecular formula is C25H28N2O4. The maximum Gasteiger partial charge on any atom is 0.258 e. The number of nitrogens with one attached hydrogen (secondary N) is 1. The summed E-state index contributed by atoms with van der Waals surface area (Å²) in [6.45, 7) is 4.39. The van der Waals surface area contributed by atoms with Crippen molar-refractivity contribution >= 4 is 5.91 Å². The highest BCUT2D eigenvalue weighted by atomic mass is 16.5. The lowest BCUT2D eigenvalue weighted by molar-refractivity contribution is -0.123. The van der Waals surface area contributed by atoms with Crippen LogP contribution < -0.4 is 19.5 Å². The largest absolute Gasteiger partial charge is 0.493 e. The first-order valence-corrected chi connectivity index (χ1v) is 10.3. The first kappa shape index (κ1) is 22.2. The summed E-state index contributed by atoms with van der Waals surface area (Å²) in [5, 5.41) is 2.95. The molecule has 1 unspecified atom stereocenters. The zero-order chi connectivity index (χ0) is 22.1. The second-order valence-corrected chi connectivity index (χ2v) is 7.13. The molecule has 0 bridgehead atoms. The summed E-state index contributed by atoms with van der Waals surface area (Å²) in [6.07, 6.45) is 4.43. The van der Waals surface area contributed by atoms with E-state index in [1.165, 1.54) is 5.56 Å². The highest BCUT2D eigenvalue weighted by Crippen LogP contribution is 2.31. The van der Waals surface area contributed by atoms with Gasteiger partial charge in [-0.3, -0.25) is 9.78 Å². The van der Waals surface area contributed by atoms with Gasteiger partial charge in [-0.15, -0.1) is 0 Å². The molecule has 1 heterocycles. The van der Waals surface area contributed by atoms with Gasteiger partial charge in [-0.1, -0.05) is 25.1 Å². The number of carbonyl (C=O) groups is 1. The van der Waals surface area contributed by atoms with E-state index in [1.54, 1.807) is 19.5 Å². The molecule has 0 spiro atoms. The lowest BCUT2D eigenvalue weighted by Crippen LogP contribution is -2.31. The quantitative estimate of drug-likeness (QED) is 0.523. The molecule has 1 atom stereocenters. The third-order valence-electron chi connectivity index (χ3n) is 4.91. The lowest BCUT2D eigenvalue weighted by atomic mass is 10.1. The SMILES string of the molecule is CCc1ccc(OCC(=O)NC(C)c2ccc(OCc3ccncc3)c(OC)c2)cc1. The maximum absolute atomic E-state index is 12.3. The van der Waals surface area contributed by atoms with Crippen LogP contribution in [0.3, 0.4) is 0 Å². The number of aromatic nitrogens is 1. The van der Waals surface area contributed by atoms with Crippen LogP contribution in [0, 0.1) is 0 Å². The number of nitrogens with zero attached hydrogens (tertiary/aromatic N) is 1. The van der Waals surface area contributed by atoms with Crippen LogP contribution in [0.4, 0.5) is 0 Å². The molecule has 0 aliphatic heterocycles. The Morgan fingerprint density at radius 3 is 2.39 bits per heavy atom. The molecule has 162 valence electrons. The van der Waals surface area contributed by atoms with Crippen LogP contribution in [-0.4, -0.2) is 24.6 Å². The smallest absolute Gasteiger partial charge is 0.258 e. The van der Waals surface area contributed by atoms with E-state index in [1.807, 2.05) is 61.5 Å². The van der Waals surface area contributed by atoms with Crippen LogP contribution in [0.2, 0.25) is 0 Å². The minimum atomic E-state index is -0.207. The Bertz CT molecular complexity index is 975. The lowest BCUT2D eigenvalue weighted by Gasteiger charge is -2.17. The molecule has 1 N–H and O–H groups in total. The molecule has 31 heavy (non-hydrogen) atoms. The van der Waals surface area contributed by atoms with Crippen molar-refractivity contribution in [2.45, 2.75) is 32.9 Å². The molecule has 0 saturated carbocycles. The topological polar surface area (TPSA) is 69.7 Å². The Kier molecular flexibility index (Phi) is 7.87. The highest BCUT2D eigenvalue weighted by Gasteiger charge is 2.14. The van der Waals surface area contributed by atoms with Crippen molar-refractivity contribution in [3.63, 3.8) is 0 Å². The van der Waals surface area contributed by atoms with E-state index in [0.717, 1.165) is 17.5 Å².